The molecule has 0 spiro atoms. The van der Waals surface area contributed by atoms with Crippen molar-refractivity contribution in [3.05, 3.63) is 87.8 Å². The molecule has 3 aromatic rings. The molecule has 0 bridgehead atoms. The summed E-state index contributed by atoms with van der Waals surface area (Å²) < 4.78 is 5.52. The molecule has 3 N–H and O–H groups in total. The highest BCUT2D eigenvalue weighted by molar-refractivity contribution is 9.10. The minimum atomic E-state index is -0.583. The zero-order valence-corrected chi connectivity index (χ0v) is 18.9. The van der Waals surface area contributed by atoms with E-state index in [4.69, 9.17) is 4.42 Å². The number of hydrazine groups is 1. The molecule has 0 unspecified atom stereocenters. The maximum Gasteiger partial charge on any atom is 0.305 e. The average molecular weight is 484 g/mol. The van der Waals surface area contributed by atoms with Crippen molar-refractivity contribution in [2.45, 2.75) is 26.2 Å². The van der Waals surface area contributed by atoms with E-state index in [0.717, 1.165) is 5.56 Å². The Labute approximate surface area is 188 Å². The second kappa shape index (κ2) is 9.18. The van der Waals surface area contributed by atoms with Crippen molar-refractivity contribution in [2.24, 2.45) is 0 Å². The molecular weight excluding hydrogens is 462 g/mol. The summed E-state index contributed by atoms with van der Waals surface area (Å²) in [7, 11) is 0. The highest BCUT2D eigenvalue weighted by atomic mass is 79.9. The van der Waals surface area contributed by atoms with Gasteiger partial charge in [0.2, 0.25) is 0 Å². The SMILES string of the molecule is CC(C)(C)c1ccc(C(=O)Nc2ccc(C(=O)NNC(=O)c3ccc(Br)o3)cc2)cc1. The summed E-state index contributed by atoms with van der Waals surface area (Å²) in [5, 5.41) is 2.80. The van der Waals surface area contributed by atoms with Crippen LogP contribution in [0.2, 0.25) is 0 Å². The van der Waals surface area contributed by atoms with E-state index in [-0.39, 0.29) is 17.1 Å². The predicted octanol–water partition coefficient (Wildman–Crippen LogP) is 4.67. The molecule has 0 saturated carbocycles. The minimum absolute atomic E-state index is 0.0136. The van der Waals surface area contributed by atoms with Crippen molar-refractivity contribution in [1.29, 1.82) is 0 Å². The van der Waals surface area contributed by atoms with Crippen LogP contribution in [0.15, 0.2) is 69.8 Å². The van der Waals surface area contributed by atoms with Gasteiger partial charge in [0.1, 0.15) is 0 Å². The standard InChI is InChI=1S/C23H22BrN3O4/c1-23(2,3)16-8-4-14(5-9-16)20(28)25-17-10-6-15(7-11-17)21(29)26-27-22(30)18-12-13-19(24)31-18/h4-13H,1-3H3,(H,25,28)(H,26,29)(H,27,30). The first-order chi connectivity index (χ1) is 14.6. The van der Waals surface area contributed by atoms with Crippen LogP contribution < -0.4 is 16.2 Å². The van der Waals surface area contributed by atoms with E-state index >= 15 is 0 Å². The number of anilines is 1. The van der Waals surface area contributed by atoms with Crippen molar-refractivity contribution in [3.8, 4) is 0 Å². The number of benzene rings is 2. The van der Waals surface area contributed by atoms with Crippen molar-refractivity contribution < 1.29 is 18.8 Å². The molecule has 0 aliphatic carbocycles. The Morgan fingerprint density at radius 2 is 1.29 bits per heavy atom. The van der Waals surface area contributed by atoms with E-state index in [2.05, 4.69) is 52.9 Å². The lowest BCUT2D eigenvalue weighted by atomic mass is 9.87. The molecule has 0 saturated heterocycles. The van der Waals surface area contributed by atoms with Crippen LogP contribution >= 0.6 is 15.9 Å². The molecular formula is C23H22BrN3O4. The van der Waals surface area contributed by atoms with Crippen molar-refractivity contribution >= 4 is 39.3 Å². The average Bonchev–Trinajstić information content (AvgIpc) is 3.18. The second-order valence-corrected chi connectivity index (χ2v) is 8.65. The Hall–Kier alpha value is -3.39. The van der Waals surface area contributed by atoms with E-state index in [1.807, 2.05) is 12.1 Å². The Bertz CT molecular complexity index is 1100. The summed E-state index contributed by atoms with van der Waals surface area (Å²) in [6.07, 6.45) is 0. The molecule has 8 heteroatoms. The number of halogens is 1. The van der Waals surface area contributed by atoms with Crippen LogP contribution in [0.25, 0.3) is 0 Å². The summed E-state index contributed by atoms with van der Waals surface area (Å²) in [5.41, 5.74) is 7.14. The molecule has 0 atom stereocenters. The van der Waals surface area contributed by atoms with Crippen LogP contribution in [0, 0.1) is 0 Å². The van der Waals surface area contributed by atoms with Gasteiger partial charge < -0.3 is 9.73 Å². The fourth-order valence-electron chi connectivity index (χ4n) is 2.71. The number of nitrogens with one attached hydrogen (secondary N) is 3. The molecule has 1 heterocycles. The van der Waals surface area contributed by atoms with Crippen LogP contribution in [0.5, 0.6) is 0 Å². The third kappa shape index (κ3) is 5.82. The number of rotatable bonds is 4. The number of furan rings is 1. The molecule has 160 valence electrons. The first kappa shape index (κ1) is 22.3. The Morgan fingerprint density at radius 1 is 0.742 bits per heavy atom. The van der Waals surface area contributed by atoms with Gasteiger partial charge in [-0.2, -0.15) is 0 Å². The van der Waals surface area contributed by atoms with Gasteiger partial charge >= 0.3 is 5.91 Å². The first-order valence-corrected chi connectivity index (χ1v) is 10.3. The van der Waals surface area contributed by atoms with Gasteiger partial charge in [0.05, 0.1) is 0 Å². The maximum atomic E-state index is 12.5. The second-order valence-electron chi connectivity index (χ2n) is 7.87. The Balaban J connectivity index is 1.56. The molecule has 0 aliphatic heterocycles. The van der Waals surface area contributed by atoms with Crippen LogP contribution in [0.4, 0.5) is 5.69 Å². The lowest BCUT2D eigenvalue weighted by Crippen LogP contribution is -2.41. The van der Waals surface area contributed by atoms with Gasteiger partial charge in [-0.05, 0) is 75.4 Å². The zero-order valence-electron chi connectivity index (χ0n) is 17.3. The zero-order chi connectivity index (χ0) is 22.6. The number of amides is 3. The van der Waals surface area contributed by atoms with Crippen molar-refractivity contribution in [2.75, 3.05) is 5.32 Å². The van der Waals surface area contributed by atoms with Gasteiger partial charge in [-0.3, -0.25) is 25.2 Å². The molecule has 0 radical (unpaired) electrons. The third-order valence-corrected chi connectivity index (χ3v) is 4.93. The van der Waals surface area contributed by atoms with E-state index in [0.29, 0.717) is 21.5 Å². The number of hydrogen-bond acceptors (Lipinski definition) is 4. The summed E-state index contributed by atoms with van der Waals surface area (Å²) in [5.74, 6) is -1.27. The topological polar surface area (TPSA) is 100 Å². The summed E-state index contributed by atoms with van der Waals surface area (Å²) in [6, 6.07) is 16.8. The number of hydrogen-bond donors (Lipinski definition) is 3. The highest BCUT2D eigenvalue weighted by Gasteiger charge is 2.15. The molecule has 0 fully saturated rings. The maximum absolute atomic E-state index is 12.5. The van der Waals surface area contributed by atoms with Crippen molar-refractivity contribution in [1.82, 2.24) is 10.9 Å². The molecule has 0 aliphatic rings. The highest BCUT2D eigenvalue weighted by Crippen LogP contribution is 2.22. The molecule has 7 nitrogen and oxygen atoms in total. The van der Waals surface area contributed by atoms with Crippen molar-refractivity contribution in [3.63, 3.8) is 0 Å². The van der Waals surface area contributed by atoms with E-state index in [1.54, 1.807) is 42.5 Å². The van der Waals surface area contributed by atoms with Crippen LogP contribution in [0.1, 0.15) is 57.6 Å². The largest absolute Gasteiger partial charge is 0.444 e. The summed E-state index contributed by atoms with van der Waals surface area (Å²) in [4.78, 5) is 36.5. The fraction of sp³-hybridized carbons (Fsp3) is 0.174. The summed E-state index contributed by atoms with van der Waals surface area (Å²) in [6.45, 7) is 6.34. The third-order valence-electron chi connectivity index (χ3n) is 4.50. The summed E-state index contributed by atoms with van der Waals surface area (Å²) >= 11 is 3.10. The Kier molecular flexibility index (Phi) is 6.60. The monoisotopic (exact) mass is 483 g/mol. The van der Waals surface area contributed by atoms with Gasteiger partial charge in [0.15, 0.2) is 10.4 Å². The first-order valence-electron chi connectivity index (χ1n) is 9.51. The molecule has 3 rings (SSSR count). The smallest absolute Gasteiger partial charge is 0.305 e. The van der Waals surface area contributed by atoms with Crippen LogP contribution in [-0.2, 0) is 5.41 Å². The normalized spacial score (nSPS) is 11.0. The lowest BCUT2D eigenvalue weighted by molar-refractivity contribution is 0.0830. The lowest BCUT2D eigenvalue weighted by Gasteiger charge is -2.19. The molecule has 2 aromatic carbocycles. The van der Waals surface area contributed by atoms with Gasteiger partial charge in [-0.15, -0.1) is 0 Å². The predicted molar refractivity (Wildman–Crippen MR) is 121 cm³/mol. The van der Waals surface area contributed by atoms with E-state index < -0.39 is 11.8 Å². The molecule has 1 aromatic heterocycles. The van der Waals surface area contributed by atoms with Gasteiger partial charge in [-0.25, -0.2) is 0 Å². The minimum Gasteiger partial charge on any atom is -0.444 e. The Morgan fingerprint density at radius 3 is 1.84 bits per heavy atom. The number of carbonyl (C=O) groups is 3. The van der Waals surface area contributed by atoms with Gasteiger partial charge in [0, 0.05) is 16.8 Å². The number of carbonyl (C=O) groups excluding carboxylic acids is 3. The fourth-order valence-corrected chi connectivity index (χ4v) is 3.02. The van der Waals surface area contributed by atoms with Crippen LogP contribution in [0.3, 0.4) is 0 Å². The molecule has 3 amide bonds. The van der Waals surface area contributed by atoms with Gasteiger partial charge in [0.25, 0.3) is 11.8 Å². The molecule has 31 heavy (non-hydrogen) atoms. The van der Waals surface area contributed by atoms with Gasteiger partial charge in [-0.1, -0.05) is 32.9 Å². The quantitative estimate of drug-likeness (QED) is 0.469. The van der Waals surface area contributed by atoms with Crippen LogP contribution in [-0.4, -0.2) is 17.7 Å². The van der Waals surface area contributed by atoms with E-state index in [9.17, 15) is 14.4 Å². The van der Waals surface area contributed by atoms with E-state index in [1.165, 1.54) is 6.07 Å².